The van der Waals surface area contributed by atoms with Crippen LogP contribution in [0.25, 0.3) is 0 Å². The van der Waals surface area contributed by atoms with E-state index >= 15 is 0 Å². The summed E-state index contributed by atoms with van der Waals surface area (Å²) in [5.41, 5.74) is 1.49. The highest BCUT2D eigenvalue weighted by Gasteiger charge is 2.29. The molecule has 242 valence electrons. The van der Waals surface area contributed by atoms with Crippen molar-refractivity contribution in [3.05, 3.63) is 59.7 Å². The summed E-state index contributed by atoms with van der Waals surface area (Å²) in [6, 6.07) is 15.4. The SMILES string of the molecule is CCCCOc1ccc(C(=O)[C@H](CC[C@H](CN2CCCCC2)C(=O)c2ccc(OCCCC)cc2)CN2CCCCC2)cc1. The van der Waals surface area contributed by atoms with Crippen LogP contribution in [0.3, 0.4) is 0 Å². The van der Waals surface area contributed by atoms with Crippen molar-refractivity contribution < 1.29 is 19.1 Å². The molecule has 2 atom stereocenters. The lowest BCUT2D eigenvalue weighted by atomic mass is 9.85. The van der Waals surface area contributed by atoms with Crippen LogP contribution in [0, 0.1) is 11.8 Å². The smallest absolute Gasteiger partial charge is 0.167 e. The maximum atomic E-state index is 14.0. The highest BCUT2D eigenvalue weighted by molar-refractivity contribution is 5.99. The van der Waals surface area contributed by atoms with Gasteiger partial charge in [-0.2, -0.15) is 0 Å². The van der Waals surface area contributed by atoms with Crippen LogP contribution in [0.1, 0.15) is 112 Å². The van der Waals surface area contributed by atoms with Crippen molar-refractivity contribution in [3.63, 3.8) is 0 Å². The minimum Gasteiger partial charge on any atom is -0.494 e. The third kappa shape index (κ3) is 11.0. The quantitative estimate of drug-likeness (QED) is 0.119. The number of hydrogen-bond acceptors (Lipinski definition) is 6. The predicted molar refractivity (Wildman–Crippen MR) is 179 cm³/mol. The summed E-state index contributed by atoms with van der Waals surface area (Å²) in [5.74, 6) is 1.74. The third-order valence-electron chi connectivity index (χ3n) is 9.27. The average molecular weight is 605 g/mol. The van der Waals surface area contributed by atoms with Crippen molar-refractivity contribution >= 4 is 11.6 Å². The molecule has 0 spiro atoms. The number of unbranched alkanes of at least 4 members (excludes halogenated alkanes) is 2. The first kappa shape index (κ1) is 34.2. The molecule has 0 amide bonds. The number of carbonyl (C=O) groups is 2. The Balaban J connectivity index is 1.47. The Hall–Kier alpha value is -2.70. The highest BCUT2D eigenvalue weighted by Crippen LogP contribution is 2.26. The maximum Gasteiger partial charge on any atom is 0.167 e. The van der Waals surface area contributed by atoms with Gasteiger partial charge in [0.2, 0.25) is 0 Å². The van der Waals surface area contributed by atoms with Crippen LogP contribution < -0.4 is 9.47 Å². The largest absolute Gasteiger partial charge is 0.494 e. The van der Waals surface area contributed by atoms with E-state index in [1.165, 1.54) is 38.5 Å². The summed E-state index contributed by atoms with van der Waals surface area (Å²) in [5, 5.41) is 0. The minimum atomic E-state index is -0.133. The van der Waals surface area contributed by atoms with E-state index in [1.54, 1.807) is 0 Å². The number of carbonyl (C=O) groups excluding carboxylic acids is 2. The van der Waals surface area contributed by atoms with Crippen molar-refractivity contribution in [2.45, 2.75) is 90.9 Å². The van der Waals surface area contributed by atoms with Gasteiger partial charge >= 0.3 is 0 Å². The van der Waals surface area contributed by atoms with Gasteiger partial charge in [-0.3, -0.25) is 9.59 Å². The van der Waals surface area contributed by atoms with Crippen LogP contribution in [0.2, 0.25) is 0 Å². The molecule has 6 heteroatoms. The molecule has 0 bridgehead atoms. The molecule has 0 unspecified atom stereocenters. The Kier molecular flexibility index (Phi) is 14.7. The van der Waals surface area contributed by atoms with Crippen LogP contribution in [-0.2, 0) is 0 Å². The molecule has 6 nitrogen and oxygen atoms in total. The van der Waals surface area contributed by atoms with E-state index in [4.69, 9.17) is 9.47 Å². The van der Waals surface area contributed by atoms with Gasteiger partial charge in [-0.15, -0.1) is 0 Å². The number of Topliss-reactive ketones (excluding diaryl/α,β-unsaturated/α-hetero) is 2. The lowest BCUT2D eigenvalue weighted by molar-refractivity contribution is 0.0793. The zero-order chi connectivity index (χ0) is 31.0. The Morgan fingerprint density at radius 2 is 0.955 bits per heavy atom. The van der Waals surface area contributed by atoms with E-state index in [-0.39, 0.29) is 23.4 Å². The topological polar surface area (TPSA) is 59.1 Å². The predicted octanol–water partition coefficient (Wildman–Crippen LogP) is 8.09. The van der Waals surface area contributed by atoms with Crippen LogP contribution >= 0.6 is 0 Å². The Morgan fingerprint density at radius 1 is 0.591 bits per heavy atom. The second kappa shape index (κ2) is 19.0. The normalized spacial score (nSPS) is 17.6. The molecule has 2 aromatic carbocycles. The number of ketones is 2. The van der Waals surface area contributed by atoms with Gasteiger partial charge in [0.15, 0.2) is 11.6 Å². The van der Waals surface area contributed by atoms with Gasteiger partial charge in [-0.1, -0.05) is 39.5 Å². The summed E-state index contributed by atoms with van der Waals surface area (Å²) in [7, 11) is 0. The second-order valence-corrected chi connectivity index (χ2v) is 12.9. The Morgan fingerprint density at radius 3 is 1.30 bits per heavy atom. The number of rotatable bonds is 19. The molecule has 4 rings (SSSR count). The van der Waals surface area contributed by atoms with E-state index < -0.39 is 0 Å². The Labute approximate surface area is 266 Å². The average Bonchev–Trinajstić information content (AvgIpc) is 3.07. The lowest BCUT2D eigenvalue weighted by Crippen LogP contribution is -2.39. The van der Waals surface area contributed by atoms with Gasteiger partial charge in [0.1, 0.15) is 11.5 Å². The summed E-state index contributed by atoms with van der Waals surface area (Å²) >= 11 is 0. The molecule has 44 heavy (non-hydrogen) atoms. The summed E-state index contributed by atoms with van der Waals surface area (Å²) in [4.78, 5) is 32.9. The van der Waals surface area contributed by atoms with E-state index in [1.807, 2.05) is 48.5 Å². The van der Waals surface area contributed by atoms with Crippen molar-refractivity contribution in [1.29, 1.82) is 0 Å². The zero-order valence-electron chi connectivity index (χ0n) is 27.4. The fraction of sp³-hybridized carbons (Fsp3) is 0.632. The fourth-order valence-electron chi connectivity index (χ4n) is 6.49. The molecular formula is C38H56N2O4. The number of piperidine rings is 2. The standard InChI is InChI=1S/C38H56N2O4/c1-3-5-27-43-35-19-15-31(16-20-35)37(41)33(29-39-23-9-7-10-24-39)13-14-34(30-40-25-11-8-12-26-40)38(42)32-17-21-36(22-18-32)44-28-6-4-2/h15-22,33-34H,3-14,23-30H2,1-2H3/t33-,34-/m1/s1. The van der Waals surface area contributed by atoms with Crippen LogP contribution in [0.5, 0.6) is 11.5 Å². The first-order chi connectivity index (χ1) is 21.6. The minimum absolute atomic E-state index is 0.133. The van der Waals surface area contributed by atoms with Crippen molar-refractivity contribution in [2.75, 3.05) is 52.5 Å². The molecule has 2 aromatic rings. The lowest BCUT2D eigenvalue weighted by Gasteiger charge is -2.32. The summed E-state index contributed by atoms with van der Waals surface area (Å²) < 4.78 is 11.7. The molecule has 2 fully saturated rings. The van der Waals surface area contributed by atoms with E-state index in [0.29, 0.717) is 26.1 Å². The molecule has 0 aliphatic carbocycles. The molecule has 2 aliphatic heterocycles. The zero-order valence-corrected chi connectivity index (χ0v) is 27.4. The van der Waals surface area contributed by atoms with Crippen molar-refractivity contribution in [2.24, 2.45) is 11.8 Å². The van der Waals surface area contributed by atoms with Gasteiger partial charge in [-0.25, -0.2) is 0 Å². The number of likely N-dealkylation sites (tertiary alicyclic amines) is 2. The highest BCUT2D eigenvalue weighted by atomic mass is 16.5. The van der Waals surface area contributed by atoms with E-state index in [2.05, 4.69) is 23.6 Å². The molecule has 2 heterocycles. The molecule has 0 N–H and O–H groups in total. The number of ether oxygens (including phenoxy) is 2. The van der Waals surface area contributed by atoms with Gasteiger partial charge in [0, 0.05) is 36.1 Å². The second-order valence-electron chi connectivity index (χ2n) is 12.9. The van der Waals surface area contributed by atoms with Crippen molar-refractivity contribution in [3.8, 4) is 11.5 Å². The van der Waals surface area contributed by atoms with Gasteiger partial charge in [-0.05, 0) is 126 Å². The maximum absolute atomic E-state index is 14.0. The van der Waals surface area contributed by atoms with Crippen molar-refractivity contribution in [1.82, 2.24) is 9.80 Å². The molecule has 2 aliphatic rings. The Bertz CT molecular complexity index is 1020. The third-order valence-corrected chi connectivity index (χ3v) is 9.27. The molecular weight excluding hydrogens is 548 g/mol. The first-order valence-corrected chi connectivity index (χ1v) is 17.6. The van der Waals surface area contributed by atoms with Gasteiger partial charge < -0.3 is 19.3 Å². The van der Waals surface area contributed by atoms with Gasteiger partial charge in [0.05, 0.1) is 13.2 Å². The van der Waals surface area contributed by atoms with Gasteiger partial charge in [0.25, 0.3) is 0 Å². The van der Waals surface area contributed by atoms with Crippen LogP contribution in [0.4, 0.5) is 0 Å². The van der Waals surface area contributed by atoms with E-state index in [0.717, 1.165) is 87.6 Å². The van der Waals surface area contributed by atoms with Crippen LogP contribution in [-0.4, -0.2) is 73.8 Å². The first-order valence-electron chi connectivity index (χ1n) is 17.6. The molecule has 0 aromatic heterocycles. The van der Waals surface area contributed by atoms with E-state index in [9.17, 15) is 9.59 Å². The molecule has 0 radical (unpaired) electrons. The number of nitrogens with zero attached hydrogens (tertiary/aromatic N) is 2. The summed E-state index contributed by atoms with van der Waals surface area (Å²) in [6.45, 7) is 11.4. The monoisotopic (exact) mass is 604 g/mol. The number of benzene rings is 2. The van der Waals surface area contributed by atoms with Crippen LogP contribution in [0.15, 0.2) is 48.5 Å². The fourth-order valence-corrected chi connectivity index (χ4v) is 6.49. The number of hydrogen-bond donors (Lipinski definition) is 0. The summed E-state index contributed by atoms with van der Waals surface area (Å²) in [6.07, 6.45) is 13.0. The molecule has 0 saturated carbocycles. The molecule has 2 saturated heterocycles.